The molecule has 1 aliphatic heterocycles. The molecule has 0 aliphatic carbocycles. The van der Waals surface area contributed by atoms with E-state index in [0.717, 1.165) is 41.4 Å². The fourth-order valence-corrected chi connectivity index (χ4v) is 4.06. The van der Waals surface area contributed by atoms with E-state index in [1.54, 1.807) is 11.8 Å². The minimum Gasteiger partial charge on any atom is -0.387 e. The topological polar surface area (TPSA) is 47.9 Å². The smallest absolute Gasteiger partial charge is 0.194 e. The highest BCUT2D eigenvalue weighted by Gasteiger charge is 2.31. The van der Waals surface area contributed by atoms with Gasteiger partial charge in [-0.25, -0.2) is 0 Å². The van der Waals surface area contributed by atoms with Crippen molar-refractivity contribution in [2.24, 2.45) is 4.99 Å². The van der Waals surface area contributed by atoms with Crippen molar-refractivity contribution >= 4 is 33.7 Å². The van der Waals surface area contributed by atoms with Crippen LogP contribution in [0.3, 0.4) is 0 Å². The van der Waals surface area contributed by atoms with Crippen LogP contribution in [0, 0.1) is 0 Å². The van der Waals surface area contributed by atoms with Gasteiger partial charge in [-0.3, -0.25) is 4.99 Å². The molecule has 0 amide bonds. The molecule has 6 heteroatoms. The van der Waals surface area contributed by atoms with Crippen molar-refractivity contribution in [3.8, 4) is 0 Å². The van der Waals surface area contributed by atoms with E-state index in [4.69, 9.17) is 0 Å². The molecule has 1 aromatic carbocycles. The van der Waals surface area contributed by atoms with Crippen LogP contribution in [0.2, 0.25) is 0 Å². The van der Waals surface area contributed by atoms with Crippen LogP contribution < -0.4 is 5.32 Å². The van der Waals surface area contributed by atoms with Crippen molar-refractivity contribution in [2.75, 3.05) is 31.6 Å². The van der Waals surface area contributed by atoms with Gasteiger partial charge in [-0.05, 0) is 30.7 Å². The first-order chi connectivity index (χ1) is 10.5. The number of aliphatic imine (C=N–C) groups is 1. The van der Waals surface area contributed by atoms with Crippen LogP contribution in [-0.2, 0) is 6.54 Å². The highest BCUT2D eigenvalue weighted by Crippen LogP contribution is 2.28. The normalized spacial score (nSPS) is 21.9. The predicted molar refractivity (Wildman–Crippen MR) is 98.5 cm³/mol. The number of nitrogens with one attached hydrogen (secondary N) is 1. The van der Waals surface area contributed by atoms with Crippen LogP contribution in [0.4, 0.5) is 0 Å². The highest BCUT2D eigenvalue weighted by atomic mass is 79.9. The van der Waals surface area contributed by atoms with Crippen molar-refractivity contribution in [2.45, 2.75) is 25.5 Å². The van der Waals surface area contributed by atoms with Crippen molar-refractivity contribution in [1.82, 2.24) is 10.2 Å². The third-order valence-electron chi connectivity index (χ3n) is 3.67. The molecule has 1 aromatic rings. The number of nitrogens with zero attached hydrogens (tertiary/aromatic N) is 2. The van der Waals surface area contributed by atoms with Gasteiger partial charge in [0.1, 0.15) is 0 Å². The van der Waals surface area contributed by atoms with Crippen LogP contribution in [0.15, 0.2) is 33.7 Å². The van der Waals surface area contributed by atoms with E-state index in [2.05, 4.69) is 44.1 Å². The lowest BCUT2D eigenvalue weighted by Gasteiger charge is -2.25. The first-order valence-corrected chi connectivity index (χ1v) is 9.52. The zero-order valence-electron chi connectivity index (χ0n) is 13.2. The molecular weight excluding hydrogens is 362 g/mol. The summed E-state index contributed by atoms with van der Waals surface area (Å²) in [5.74, 6) is 2.64. The second kappa shape index (κ2) is 8.22. The second-order valence-corrected chi connectivity index (χ2v) is 7.60. The molecule has 1 heterocycles. The number of thioether (sulfide) groups is 1. The van der Waals surface area contributed by atoms with Gasteiger partial charge >= 0.3 is 0 Å². The maximum Gasteiger partial charge on any atom is 0.194 e. The fourth-order valence-electron chi connectivity index (χ4n) is 2.37. The van der Waals surface area contributed by atoms with Gasteiger partial charge in [0.05, 0.1) is 12.1 Å². The second-order valence-electron chi connectivity index (χ2n) is 5.64. The lowest BCUT2D eigenvalue weighted by molar-refractivity contribution is 0.0776. The number of halogens is 1. The minimum atomic E-state index is -0.639. The third kappa shape index (κ3) is 4.89. The summed E-state index contributed by atoms with van der Waals surface area (Å²) in [5.41, 5.74) is 0.574. The Bertz CT molecular complexity index is 518. The Kier molecular flexibility index (Phi) is 6.59. The van der Waals surface area contributed by atoms with E-state index >= 15 is 0 Å². The summed E-state index contributed by atoms with van der Waals surface area (Å²) < 4.78 is 1.10. The summed E-state index contributed by atoms with van der Waals surface area (Å²) in [7, 11) is 2.02. The average molecular weight is 386 g/mol. The summed E-state index contributed by atoms with van der Waals surface area (Å²) in [5, 5.41) is 13.7. The molecule has 4 nitrogen and oxygen atoms in total. The van der Waals surface area contributed by atoms with Gasteiger partial charge in [0.25, 0.3) is 0 Å². The minimum absolute atomic E-state index is 0.461. The summed E-state index contributed by atoms with van der Waals surface area (Å²) in [6, 6.07) is 8.20. The summed E-state index contributed by atoms with van der Waals surface area (Å²) >= 11 is 5.38. The monoisotopic (exact) mass is 385 g/mol. The largest absolute Gasteiger partial charge is 0.387 e. The Morgan fingerprint density at radius 3 is 2.91 bits per heavy atom. The molecule has 1 atom stereocenters. The number of hydrogen-bond donors (Lipinski definition) is 2. The number of guanidine groups is 1. The molecule has 122 valence electrons. The van der Waals surface area contributed by atoms with Gasteiger partial charge < -0.3 is 15.3 Å². The number of aliphatic hydroxyl groups is 1. The Morgan fingerprint density at radius 1 is 1.50 bits per heavy atom. The van der Waals surface area contributed by atoms with E-state index in [1.165, 1.54) is 5.56 Å². The molecule has 1 unspecified atom stereocenters. The van der Waals surface area contributed by atoms with Gasteiger partial charge in [-0.2, -0.15) is 11.8 Å². The van der Waals surface area contributed by atoms with Gasteiger partial charge in [0.15, 0.2) is 5.96 Å². The SMILES string of the molecule is CCNC(=NCC1(O)CCSC1)N(C)Cc1ccccc1Br. The molecule has 0 saturated carbocycles. The summed E-state index contributed by atoms with van der Waals surface area (Å²) in [6.45, 7) is 4.09. The first kappa shape index (κ1) is 17.6. The molecule has 0 aromatic heterocycles. The van der Waals surface area contributed by atoms with E-state index in [0.29, 0.717) is 6.54 Å². The fraction of sp³-hybridized carbons (Fsp3) is 0.562. The standard InChI is InChI=1S/C16H24BrN3OS/c1-3-18-15(19-11-16(21)8-9-22-12-16)20(2)10-13-6-4-5-7-14(13)17/h4-7,21H,3,8-12H2,1-2H3,(H,18,19). The Morgan fingerprint density at radius 2 is 2.27 bits per heavy atom. The number of benzene rings is 1. The van der Waals surface area contributed by atoms with Crippen molar-refractivity contribution in [3.05, 3.63) is 34.3 Å². The first-order valence-electron chi connectivity index (χ1n) is 7.57. The lowest BCUT2D eigenvalue weighted by Crippen LogP contribution is -2.41. The Hall–Kier alpha value is -0.720. The lowest BCUT2D eigenvalue weighted by atomic mass is 10.0. The Balaban J connectivity index is 2.04. The van der Waals surface area contributed by atoms with Crippen LogP contribution in [-0.4, -0.2) is 53.2 Å². The highest BCUT2D eigenvalue weighted by molar-refractivity contribution is 9.10. The van der Waals surface area contributed by atoms with Crippen LogP contribution in [0.1, 0.15) is 18.9 Å². The van der Waals surface area contributed by atoms with Gasteiger partial charge in [-0.1, -0.05) is 34.1 Å². The van der Waals surface area contributed by atoms with Gasteiger partial charge in [-0.15, -0.1) is 0 Å². The van der Waals surface area contributed by atoms with E-state index in [-0.39, 0.29) is 0 Å². The zero-order valence-corrected chi connectivity index (χ0v) is 15.6. The molecule has 0 spiro atoms. The van der Waals surface area contributed by atoms with Crippen LogP contribution in [0.25, 0.3) is 0 Å². The van der Waals surface area contributed by atoms with Crippen molar-refractivity contribution in [3.63, 3.8) is 0 Å². The summed E-state index contributed by atoms with van der Waals surface area (Å²) in [6.07, 6.45) is 0.828. The van der Waals surface area contributed by atoms with Crippen molar-refractivity contribution in [1.29, 1.82) is 0 Å². The number of hydrogen-bond acceptors (Lipinski definition) is 3. The molecule has 2 rings (SSSR count). The van der Waals surface area contributed by atoms with E-state index < -0.39 is 5.60 Å². The zero-order chi connectivity index (χ0) is 16.0. The quantitative estimate of drug-likeness (QED) is 0.604. The maximum absolute atomic E-state index is 10.4. The summed E-state index contributed by atoms with van der Waals surface area (Å²) in [4.78, 5) is 6.74. The van der Waals surface area contributed by atoms with Crippen LogP contribution in [0.5, 0.6) is 0 Å². The molecule has 1 aliphatic rings. The molecule has 2 N–H and O–H groups in total. The molecule has 22 heavy (non-hydrogen) atoms. The third-order valence-corrected chi connectivity index (χ3v) is 5.68. The molecule has 1 fully saturated rings. The Labute approximate surface area is 145 Å². The maximum atomic E-state index is 10.4. The van der Waals surface area contributed by atoms with E-state index in [1.807, 2.05) is 25.2 Å². The van der Waals surface area contributed by atoms with Crippen LogP contribution >= 0.6 is 27.7 Å². The van der Waals surface area contributed by atoms with Gasteiger partial charge in [0, 0.05) is 30.4 Å². The average Bonchev–Trinajstić information content (AvgIpc) is 2.93. The van der Waals surface area contributed by atoms with E-state index in [9.17, 15) is 5.11 Å². The molecular formula is C16H24BrN3OS. The molecule has 0 bridgehead atoms. The number of rotatable bonds is 5. The predicted octanol–water partition coefficient (Wildman–Crippen LogP) is 2.71. The molecule has 1 saturated heterocycles. The van der Waals surface area contributed by atoms with Crippen molar-refractivity contribution < 1.29 is 5.11 Å². The van der Waals surface area contributed by atoms with Gasteiger partial charge in [0.2, 0.25) is 0 Å². The molecule has 0 radical (unpaired) electrons.